The predicted octanol–water partition coefficient (Wildman–Crippen LogP) is 3.39. The molecule has 1 aliphatic rings. The standard InChI is InChI=1S/C18H25NO3/c1-12(2)16(13-7-4-3-5-8-13)19-17(20)14-9-6-10-15(11-14)18(21)22/h3-5,7-8,12,14-16H,6,9-11H2,1-2H3,(H,19,20)(H,21,22). The van der Waals surface area contributed by atoms with Gasteiger partial charge in [0, 0.05) is 5.92 Å². The molecule has 1 aromatic carbocycles. The van der Waals surface area contributed by atoms with Crippen LogP contribution in [0.5, 0.6) is 0 Å². The monoisotopic (exact) mass is 303 g/mol. The third-order valence-electron chi connectivity index (χ3n) is 4.52. The van der Waals surface area contributed by atoms with Crippen molar-refractivity contribution in [2.75, 3.05) is 0 Å². The Labute approximate surface area is 131 Å². The maximum absolute atomic E-state index is 12.6. The van der Waals surface area contributed by atoms with Crippen molar-refractivity contribution in [3.8, 4) is 0 Å². The Morgan fingerprint density at radius 1 is 1.14 bits per heavy atom. The molecule has 3 atom stereocenters. The normalized spacial score (nSPS) is 23.0. The number of hydrogen-bond donors (Lipinski definition) is 2. The molecule has 0 bridgehead atoms. The topological polar surface area (TPSA) is 66.4 Å². The van der Waals surface area contributed by atoms with Gasteiger partial charge < -0.3 is 10.4 Å². The number of nitrogens with one attached hydrogen (secondary N) is 1. The Morgan fingerprint density at radius 3 is 2.36 bits per heavy atom. The summed E-state index contributed by atoms with van der Waals surface area (Å²) in [6.07, 6.45) is 2.74. The third kappa shape index (κ3) is 4.09. The van der Waals surface area contributed by atoms with Gasteiger partial charge in [0.15, 0.2) is 0 Å². The van der Waals surface area contributed by atoms with E-state index in [-0.39, 0.29) is 29.7 Å². The van der Waals surface area contributed by atoms with Gasteiger partial charge in [-0.25, -0.2) is 0 Å². The summed E-state index contributed by atoms with van der Waals surface area (Å²) in [6.45, 7) is 4.16. The highest BCUT2D eigenvalue weighted by Gasteiger charge is 2.32. The van der Waals surface area contributed by atoms with Crippen LogP contribution in [0.3, 0.4) is 0 Å². The van der Waals surface area contributed by atoms with Gasteiger partial charge >= 0.3 is 5.97 Å². The predicted molar refractivity (Wildman–Crippen MR) is 85.2 cm³/mol. The van der Waals surface area contributed by atoms with Crippen LogP contribution in [0.4, 0.5) is 0 Å². The molecule has 4 nitrogen and oxygen atoms in total. The second-order valence-electron chi connectivity index (χ2n) is 6.54. The summed E-state index contributed by atoms with van der Waals surface area (Å²) in [5.74, 6) is -1.06. The van der Waals surface area contributed by atoms with Gasteiger partial charge in [0.25, 0.3) is 0 Å². The van der Waals surface area contributed by atoms with E-state index >= 15 is 0 Å². The lowest BCUT2D eigenvalue weighted by Gasteiger charge is -2.29. The Balaban J connectivity index is 2.04. The highest BCUT2D eigenvalue weighted by molar-refractivity contribution is 5.80. The minimum absolute atomic E-state index is 0.00602. The fraction of sp³-hybridized carbons (Fsp3) is 0.556. The number of hydrogen-bond acceptors (Lipinski definition) is 2. The number of carboxylic acid groups (broad SMARTS) is 1. The van der Waals surface area contributed by atoms with E-state index in [1.165, 1.54) is 0 Å². The first-order chi connectivity index (χ1) is 10.5. The summed E-state index contributed by atoms with van der Waals surface area (Å²) in [7, 11) is 0. The van der Waals surface area contributed by atoms with Gasteiger partial charge in [-0.15, -0.1) is 0 Å². The van der Waals surface area contributed by atoms with Gasteiger partial charge in [-0.05, 0) is 30.7 Å². The van der Waals surface area contributed by atoms with Gasteiger partial charge in [-0.3, -0.25) is 9.59 Å². The summed E-state index contributed by atoms with van der Waals surface area (Å²) in [4.78, 5) is 23.7. The average molecular weight is 303 g/mol. The van der Waals surface area contributed by atoms with Crippen LogP contribution >= 0.6 is 0 Å². The highest BCUT2D eigenvalue weighted by atomic mass is 16.4. The second-order valence-corrected chi connectivity index (χ2v) is 6.54. The molecule has 1 fully saturated rings. The maximum Gasteiger partial charge on any atom is 0.306 e. The molecule has 1 saturated carbocycles. The molecule has 0 saturated heterocycles. The molecule has 1 amide bonds. The number of carbonyl (C=O) groups excluding carboxylic acids is 1. The minimum Gasteiger partial charge on any atom is -0.481 e. The van der Waals surface area contributed by atoms with Crippen molar-refractivity contribution in [1.29, 1.82) is 0 Å². The van der Waals surface area contributed by atoms with Crippen molar-refractivity contribution in [1.82, 2.24) is 5.32 Å². The molecule has 0 aromatic heterocycles. The van der Waals surface area contributed by atoms with Crippen LogP contribution in [0.2, 0.25) is 0 Å². The summed E-state index contributed by atoms with van der Waals surface area (Å²) in [5, 5.41) is 12.3. The van der Waals surface area contributed by atoms with E-state index in [1.807, 2.05) is 30.3 Å². The maximum atomic E-state index is 12.6. The van der Waals surface area contributed by atoms with E-state index < -0.39 is 5.97 Å². The van der Waals surface area contributed by atoms with E-state index in [2.05, 4.69) is 19.2 Å². The van der Waals surface area contributed by atoms with Crippen LogP contribution < -0.4 is 5.32 Å². The van der Waals surface area contributed by atoms with Crippen molar-refractivity contribution in [3.63, 3.8) is 0 Å². The molecule has 2 N–H and O–H groups in total. The molecule has 0 heterocycles. The number of benzene rings is 1. The lowest BCUT2D eigenvalue weighted by Crippen LogP contribution is -2.39. The third-order valence-corrected chi connectivity index (χ3v) is 4.52. The second kappa shape index (κ2) is 7.43. The zero-order valence-corrected chi connectivity index (χ0v) is 13.3. The molecule has 0 aliphatic heterocycles. The molecule has 0 radical (unpaired) electrons. The van der Waals surface area contributed by atoms with Crippen molar-refractivity contribution < 1.29 is 14.7 Å². The summed E-state index contributed by atoms with van der Waals surface area (Å²) in [5.41, 5.74) is 1.09. The van der Waals surface area contributed by atoms with Crippen LogP contribution in [-0.2, 0) is 9.59 Å². The quantitative estimate of drug-likeness (QED) is 0.876. The Morgan fingerprint density at radius 2 is 1.77 bits per heavy atom. The lowest BCUT2D eigenvalue weighted by molar-refractivity contribution is -0.144. The number of carboxylic acids is 1. The Hall–Kier alpha value is -1.84. The fourth-order valence-electron chi connectivity index (χ4n) is 3.22. The van der Waals surface area contributed by atoms with Crippen molar-refractivity contribution in [2.24, 2.45) is 17.8 Å². The van der Waals surface area contributed by atoms with Gasteiger partial charge in [0.05, 0.1) is 12.0 Å². The van der Waals surface area contributed by atoms with Gasteiger partial charge in [0.1, 0.15) is 0 Å². The Bertz CT molecular complexity index is 512. The van der Waals surface area contributed by atoms with E-state index in [4.69, 9.17) is 5.11 Å². The molecule has 120 valence electrons. The fourth-order valence-corrected chi connectivity index (χ4v) is 3.22. The summed E-state index contributed by atoms with van der Waals surface area (Å²) in [6, 6.07) is 9.91. The zero-order chi connectivity index (χ0) is 16.1. The SMILES string of the molecule is CC(C)C(NC(=O)C1CCCC(C(=O)O)C1)c1ccccc1. The molecular weight excluding hydrogens is 278 g/mol. The van der Waals surface area contributed by atoms with Gasteiger partial charge in [-0.2, -0.15) is 0 Å². The number of amides is 1. The first-order valence-electron chi connectivity index (χ1n) is 8.07. The van der Waals surface area contributed by atoms with Crippen LogP contribution in [0.25, 0.3) is 0 Å². The zero-order valence-electron chi connectivity index (χ0n) is 13.3. The van der Waals surface area contributed by atoms with Gasteiger partial charge in [0.2, 0.25) is 5.91 Å². The smallest absolute Gasteiger partial charge is 0.306 e. The highest BCUT2D eigenvalue weighted by Crippen LogP contribution is 2.30. The van der Waals surface area contributed by atoms with Crippen molar-refractivity contribution >= 4 is 11.9 Å². The molecule has 2 rings (SSSR count). The van der Waals surface area contributed by atoms with Gasteiger partial charge in [-0.1, -0.05) is 50.6 Å². The lowest BCUT2D eigenvalue weighted by atomic mass is 9.80. The van der Waals surface area contributed by atoms with E-state index in [1.54, 1.807) is 0 Å². The molecule has 1 aliphatic carbocycles. The van der Waals surface area contributed by atoms with Crippen LogP contribution in [0.1, 0.15) is 51.1 Å². The molecule has 4 heteroatoms. The molecule has 22 heavy (non-hydrogen) atoms. The molecule has 1 aromatic rings. The van der Waals surface area contributed by atoms with Crippen LogP contribution in [0.15, 0.2) is 30.3 Å². The van der Waals surface area contributed by atoms with Crippen LogP contribution in [-0.4, -0.2) is 17.0 Å². The summed E-state index contributed by atoms with van der Waals surface area (Å²) < 4.78 is 0. The van der Waals surface area contributed by atoms with Crippen LogP contribution in [0, 0.1) is 17.8 Å². The summed E-state index contributed by atoms with van der Waals surface area (Å²) >= 11 is 0. The first-order valence-corrected chi connectivity index (χ1v) is 8.07. The molecule has 0 spiro atoms. The van der Waals surface area contributed by atoms with E-state index in [0.717, 1.165) is 18.4 Å². The minimum atomic E-state index is -0.777. The van der Waals surface area contributed by atoms with Crippen molar-refractivity contribution in [3.05, 3.63) is 35.9 Å². The Kier molecular flexibility index (Phi) is 5.58. The van der Waals surface area contributed by atoms with Crippen molar-refractivity contribution in [2.45, 2.75) is 45.6 Å². The van der Waals surface area contributed by atoms with E-state index in [0.29, 0.717) is 12.8 Å². The van der Waals surface area contributed by atoms with E-state index in [9.17, 15) is 9.59 Å². The molecule has 3 unspecified atom stereocenters. The largest absolute Gasteiger partial charge is 0.481 e. The average Bonchev–Trinajstić information content (AvgIpc) is 2.53. The molecular formula is C18H25NO3. The first kappa shape index (κ1) is 16.5. The number of aliphatic carboxylic acids is 1. The number of carbonyl (C=O) groups is 2. The number of rotatable bonds is 5.